The van der Waals surface area contributed by atoms with E-state index in [2.05, 4.69) is 103 Å². The number of rotatable bonds is 7. The first-order valence-electron chi connectivity index (χ1n) is 16.1. The van der Waals surface area contributed by atoms with Crippen molar-refractivity contribution in [3.63, 3.8) is 0 Å². The van der Waals surface area contributed by atoms with Gasteiger partial charge in [-0.15, -0.1) is 0 Å². The molecule has 0 atom stereocenters. The molecule has 2 aromatic heterocycles. The lowest BCUT2D eigenvalue weighted by molar-refractivity contribution is 0.592. The molecule has 6 aromatic carbocycles. The van der Waals surface area contributed by atoms with Gasteiger partial charge in [-0.25, -0.2) is 4.98 Å². The van der Waals surface area contributed by atoms with Crippen LogP contribution in [0.15, 0.2) is 176 Å². The topological polar surface area (TPSA) is 34.4 Å². The summed E-state index contributed by atoms with van der Waals surface area (Å²) in [5.41, 5.74) is 8.44. The van der Waals surface area contributed by atoms with Crippen LogP contribution in [0.3, 0.4) is 0 Å². The number of pyridine rings is 1. The van der Waals surface area contributed by atoms with Gasteiger partial charge in [-0.1, -0.05) is 158 Å². The predicted molar refractivity (Wildman–Crippen MR) is 205 cm³/mol. The van der Waals surface area contributed by atoms with Crippen LogP contribution in [0.4, 0.5) is 0 Å². The van der Waals surface area contributed by atoms with Crippen LogP contribution < -0.4 is 15.9 Å². The van der Waals surface area contributed by atoms with E-state index < -0.39 is 7.14 Å². The molecular formula is C44H33N2OP. The fourth-order valence-electron chi connectivity index (χ4n) is 6.82. The normalized spacial score (nSPS) is 12.7. The zero-order chi connectivity index (χ0) is 32.7. The number of imidazole rings is 1. The number of para-hydroxylation sites is 2. The Labute approximate surface area is 280 Å². The van der Waals surface area contributed by atoms with E-state index in [0.717, 1.165) is 65.8 Å². The van der Waals surface area contributed by atoms with Gasteiger partial charge in [-0.05, 0) is 52.8 Å². The molecule has 48 heavy (non-hydrogen) atoms. The van der Waals surface area contributed by atoms with Crippen molar-refractivity contribution in [1.29, 1.82) is 0 Å². The summed E-state index contributed by atoms with van der Waals surface area (Å²) in [6, 6.07) is 51.3. The number of fused-ring (bicyclic) bond motifs is 8. The van der Waals surface area contributed by atoms with E-state index in [-0.39, 0.29) is 0 Å². The molecule has 8 aromatic rings. The van der Waals surface area contributed by atoms with Crippen molar-refractivity contribution >= 4 is 72.6 Å². The molecule has 230 valence electrons. The van der Waals surface area contributed by atoms with E-state index in [1.54, 1.807) is 0 Å². The van der Waals surface area contributed by atoms with Crippen molar-refractivity contribution in [3.05, 3.63) is 188 Å². The molecule has 0 saturated carbocycles. The van der Waals surface area contributed by atoms with Crippen molar-refractivity contribution in [2.45, 2.75) is 6.92 Å². The molecule has 8 rings (SSSR count). The maximum absolute atomic E-state index is 14.9. The lowest BCUT2D eigenvalue weighted by Crippen LogP contribution is -2.24. The fourth-order valence-corrected chi connectivity index (χ4v) is 9.46. The summed E-state index contributed by atoms with van der Waals surface area (Å²) in [4.78, 5) is 5.06. The van der Waals surface area contributed by atoms with Crippen LogP contribution in [0, 0.1) is 0 Å². The summed E-state index contributed by atoms with van der Waals surface area (Å²) in [7, 11) is -3.04. The summed E-state index contributed by atoms with van der Waals surface area (Å²) in [5, 5.41) is 5.98. The first kappa shape index (κ1) is 29.6. The molecule has 0 spiro atoms. The van der Waals surface area contributed by atoms with Crippen LogP contribution >= 0.6 is 7.14 Å². The molecule has 0 saturated heterocycles. The van der Waals surface area contributed by atoms with Crippen molar-refractivity contribution in [2.24, 2.45) is 0 Å². The second-order valence-corrected chi connectivity index (χ2v) is 14.8. The monoisotopic (exact) mass is 636 g/mol. The van der Waals surface area contributed by atoms with Gasteiger partial charge in [0, 0.05) is 26.7 Å². The number of nitrogens with zero attached hydrogens (tertiary/aromatic N) is 2. The maximum Gasteiger partial charge on any atom is 0.171 e. The van der Waals surface area contributed by atoms with Gasteiger partial charge in [-0.3, -0.25) is 4.40 Å². The van der Waals surface area contributed by atoms with Crippen LogP contribution in [-0.2, 0) is 4.57 Å². The quantitative estimate of drug-likeness (QED) is 0.0991. The predicted octanol–water partition coefficient (Wildman–Crippen LogP) is 10.1. The molecular weight excluding hydrogens is 603 g/mol. The standard InChI is InChI=1S/C44H33N2OP/c1-3-14-33(29-31(2)32-23-26-37(27-24-32)48(47,35-15-6-4-7-16-35)36-17-8-5-9-18-36)34-25-28-39-38-19-10-11-20-40(38)44-45-41-21-12-13-22-42(41)46(44)43(39)30-34/h3-30H,1H2,2H3/b31-29+,33-14+. The zero-order valence-corrected chi connectivity index (χ0v) is 27.5. The lowest BCUT2D eigenvalue weighted by atomic mass is 9.97. The van der Waals surface area contributed by atoms with Gasteiger partial charge in [0.15, 0.2) is 7.14 Å². The SMILES string of the molecule is C=C/C=C(\C=C(/C)c1ccc(P(=O)(c2ccccc2)c2ccccc2)cc1)c1ccc2c3ccccc3c3nc4ccccc4n3c2c1. The second kappa shape index (κ2) is 12.1. The van der Waals surface area contributed by atoms with E-state index in [0.29, 0.717) is 0 Å². The number of hydrogen-bond acceptors (Lipinski definition) is 2. The Hall–Kier alpha value is -5.76. The van der Waals surface area contributed by atoms with Gasteiger partial charge < -0.3 is 4.57 Å². The average Bonchev–Trinajstić information content (AvgIpc) is 3.55. The van der Waals surface area contributed by atoms with Gasteiger partial charge >= 0.3 is 0 Å². The van der Waals surface area contributed by atoms with Crippen molar-refractivity contribution in [3.8, 4) is 0 Å². The summed E-state index contributed by atoms with van der Waals surface area (Å²) in [6.45, 7) is 6.16. The highest BCUT2D eigenvalue weighted by Crippen LogP contribution is 2.42. The van der Waals surface area contributed by atoms with Gasteiger partial charge in [0.05, 0.1) is 16.6 Å². The highest BCUT2D eigenvalue weighted by molar-refractivity contribution is 7.85. The van der Waals surface area contributed by atoms with Crippen LogP contribution in [0.25, 0.3) is 49.5 Å². The Balaban J connectivity index is 1.22. The minimum Gasteiger partial charge on any atom is -0.309 e. The molecule has 3 nitrogen and oxygen atoms in total. The van der Waals surface area contributed by atoms with Crippen molar-refractivity contribution < 1.29 is 4.57 Å². The van der Waals surface area contributed by atoms with E-state index in [4.69, 9.17) is 4.98 Å². The van der Waals surface area contributed by atoms with Gasteiger partial charge in [-0.2, -0.15) is 0 Å². The summed E-state index contributed by atoms with van der Waals surface area (Å²) in [6.07, 6.45) is 6.10. The third-order valence-electron chi connectivity index (χ3n) is 9.19. The molecule has 4 heteroatoms. The molecule has 0 N–H and O–H groups in total. The van der Waals surface area contributed by atoms with Gasteiger partial charge in [0.2, 0.25) is 0 Å². The minimum atomic E-state index is -3.04. The Kier molecular flexibility index (Phi) is 7.48. The smallest absolute Gasteiger partial charge is 0.171 e. The summed E-state index contributed by atoms with van der Waals surface area (Å²) >= 11 is 0. The maximum atomic E-state index is 14.9. The Morgan fingerprint density at radius 1 is 0.625 bits per heavy atom. The summed E-state index contributed by atoms with van der Waals surface area (Å²) < 4.78 is 17.1. The molecule has 2 heterocycles. The third-order valence-corrected chi connectivity index (χ3v) is 12.3. The minimum absolute atomic E-state index is 0.816. The molecule has 0 fully saturated rings. The first-order valence-corrected chi connectivity index (χ1v) is 17.8. The van der Waals surface area contributed by atoms with Crippen LogP contribution in [0.2, 0.25) is 0 Å². The second-order valence-electron chi connectivity index (χ2n) is 12.0. The molecule has 0 radical (unpaired) electrons. The zero-order valence-electron chi connectivity index (χ0n) is 26.6. The van der Waals surface area contributed by atoms with Crippen molar-refractivity contribution in [1.82, 2.24) is 9.38 Å². The fraction of sp³-hybridized carbons (Fsp3) is 0.0227. The Bertz CT molecular complexity index is 2550. The highest BCUT2D eigenvalue weighted by atomic mass is 31.2. The number of aromatic nitrogens is 2. The highest BCUT2D eigenvalue weighted by Gasteiger charge is 2.29. The lowest BCUT2D eigenvalue weighted by Gasteiger charge is -2.20. The first-order chi connectivity index (χ1) is 23.6. The number of hydrogen-bond donors (Lipinski definition) is 0. The number of allylic oxidation sites excluding steroid dienone is 5. The van der Waals surface area contributed by atoms with E-state index in [1.807, 2.05) is 84.9 Å². The van der Waals surface area contributed by atoms with E-state index in [9.17, 15) is 4.57 Å². The molecule has 0 aliphatic carbocycles. The largest absolute Gasteiger partial charge is 0.309 e. The van der Waals surface area contributed by atoms with Gasteiger partial charge in [0.1, 0.15) is 5.65 Å². The summed E-state index contributed by atoms with van der Waals surface area (Å²) in [5.74, 6) is 0. The van der Waals surface area contributed by atoms with Crippen molar-refractivity contribution in [2.75, 3.05) is 0 Å². The van der Waals surface area contributed by atoms with Crippen LogP contribution in [0.5, 0.6) is 0 Å². The molecule has 0 aliphatic heterocycles. The molecule has 0 amide bonds. The molecule has 0 bridgehead atoms. The van der Waals surface area contributed by atoms with Crippen LogP contribution in [0.1, 0.15) is 18.1 Å². The Morgan fingerprint density at radius 2 is 1.21 bits per heavy atom. The Morgan fingerprint density at radius 3 is 1.90 bits per heavy atom. The van der Waals surface area contributed by atoms with Crippen LogP contribution in [-0.4, -0.2) is 9.38 Å². The number of benzene rings is 6. The average molecular weight is 637 g/mol. The van der Waals surface area contributed by atoms with Gasteiger partial charge in [0.25, 0.3) is 0 Å². The third kappa shape index (κ3) is 4.92. The molecule has 0 aliphatic rings. The van der Waals surface area contributed by atoms with E-state index >= 15 is 0 Å². The van der Waals surface area contributed by atoms with E-state index in [1.165, 1.54) is 10.8 Å². The molecule has 0 unspecified atom stereocenters.